The first-order valence-electron chi connectivity index (χ1n) is 7.77. The molecule has 1 unspecified atom stereocenters. The second kappa shape index (κ2) is 5.84. The zero-order valence-corrected chi connectivity index (χ0v) is 12.2. The van der Waals surface area contributed by atoms with Crippen LogP contribution < -0.4 is 0 Å². The molecular formula is C18H23NO. The van der Waals surface area contributed by atoms with Gasteiger partial charge in [-0.2, -0.15) is 0 Å². The van der Waals surface area contributed by atoms with E-state index in [4.69, 9.17) is 0 Å². The van der Waals surface area contributed by atoms with Crippen molar-refractivity contribution in [3.8, 4) is 5.69 Å². The summed E-state index contributed by atoms with van der Waals surface area (Å²) in [6.07, 6.45) is 8.52. The van der Waals surface area contributed by atoms with Gasteiger partial charge in [0.25, 0.3) is 0 Å². The van der Waals surface area contributed by atoms with Gasteiger partial charge in [0.15, 0.2) is 0 Å². The minimum Gasteiger partial charge on any atom is -0.388 e. The molecule has 1 heterocycles. The Morgan fingerprint density at radius 1 is 1.20 bits per heavy atom. The Balaban J connectivity index is 1.86. The number of aryl methyl sites for hydroxylation is 1. The molecule has 0 radical (unpaired) electrons. The van der Waals surface area contributed by atoms with Gasteiger partial charge in [-0.1, -0.05) is 25.5 Å². The summed E-state index contributed by atoms with van der Waals surface area (Å²) in [5.74, 6) is 0. The number of aliphatic hydroxyl groups is 1. The molecule has 1 aromatic carbocycles. The van der Waals surface area contributed by atoms with Crippen molar-refractivity contribution in [3.05, 3.63) is 53.3 Å². The highest BCUT2D eigenvalue weighted by Crippen LogP contribution is 2.32. The van der Waals surface area contributed by atoms with Gasteiger partial charge < -0.3 is 9.67 Å². The zero-order chi connectivity index (χ0) is 13.9. The van der Waals surface area contributed by atoms with Gasteiger partial charge >= 0.3 is 0 Å². The molecule has 2 heteroatoms. The molecule has 1 aliphatic rings. The predicted molar refractivity (Wildman–Crippen MR) is 82.3 cm³/mol. The number of hydrogen-bond acceptors (Lipinski definition) is 1. The molecule has 0 saturated carbocycles. The van der Waals surface area contributed by atoms with Crippen molar-refractivity contribution in [2.75, 3.05) is 0 Å². The van der Waals surface area contributed by atoms with Crippen molar-refractivity contribution < 1.29 is 5.11 Å². The largest absolute Gasteiger partial charge is 0.388 e. The van der Waals surface area contributed by atoms with Crippen LogP contribution in [-0.2, 0) is 12.8 Å². The Hall–Kier alpha value is -1.54. The van der Waals surface area contributed by atoms with Crippen molar-refractivity contribution in [2.24, 2.45) is 0 Å². The standard InChI is InChI=1S/C18H23NO/c1-2-3-5-14-8-10-15(11-9-14)19-13-12-16-17(19)6-4-7-18(16)20/h8-13,18,20H,2-7H2,1H3. The number of rotatable bonds is 4. The SMILES string of the molecule is CCCCc1ccc(-n2ccc3c2CCCC3O)cc1. The second-order valence-corrected chi connectivity index (χ2v) is 5.77. The molecule has 0 aliphatic heterocycles. The summed E-state index contributed by atoms with van der Waals surface area (Å²) < 4.78 is 2.24. The number of aromatic nitrogens is 1. The molecule has 0 saturated heterocycles. The lowest BCUT2D eigenvalue weighted by Gasteiger charge is -2.20. The molecule has 2 nitrogen and oxygen atoms in total. The summed E-state index contributed by atoms with van der Waals surface area (Å²) in [6, 6.07) is 10.9. The lowest BCUT2D eigenvalue weighted by atomic mass is 9.95. The smallest absolute Gasteiger partial charge is 0.0807 e. The molecule has 2 aromatic rings. The molecule has 0 amide bonds. The average molecular weight is 269 g/mol. The molecule has 106 valence electrons. The van der Waals surface area contributed by atoms with E-state index in [0.29, 0.717) is 0 Å². The van der Waals surface area contributed by atoms with Crippen LogP contribution in [0.3, 0.4) is 0 Å². The van der Waals surface area contributed by atoms with Crippen LogP contribution in [0.5, 0.6) is 0 Å². The maximum atomic E-state index is 10.0. The topological polar surface area (TPSA) is 25.2 Å². The first-order chi connectivity index (χ1) is 9.79. The summed E-state index contributed by atoms with van der Waals surface area (Å²) in [4.78, 5) is 0. The van der Waals surface area contributed by atoms with Crippen LogP contribution in [0, 0.1) is 0 Å². The lowest BCUT2D eigenvalue weighted by molar-refractivity contribution is 0.156. The van der Waals surface area contributed by atoms with Crippen LogP contribution in [0.1, 0.15) is 55.5 Å². The third-order valence-electron chi connectivity index (χ3n) is 4.31. The Labute approximate surface area is 121 Å². The quantitative estimate of drug-likeness (QED) is 0.884. The van der Waals surface area contributed by atoms with Crippen LogP contribution in [-0.4, -0.2) is 9.67 Å². The third kappa shape index (κ3) is 2.53. The maximum absolute atomic E-state index is 10.0. The van der Waals surface area contributed by atoms with Crippen LogP contribution in [0.4, 0.5) is 0 Å². The first-order valence-corrected chi connectivity index (χ1v) is 7.77. The number of aliphatic hydroxyl groups excluding tert-OH is 1. The molecular weight excluding hydrogens is 246 g/mol. The highest BCUT2D eigenvalue weighted by atomic mass is 16.3. The van der Waals surface area contributed by atoms with Gasteiger partial charge in [0, 0.05) is 23.1 Å². The van der Waals surface area contributed by atoms with Crippen molar-refractivity contribution in [1.82, 2.24) is 4.57 Å². The number of nitrogens with zero attached hydrogens (tertiary/aromatic N) is 1. The van der Waals surface area contributed by atoms with Gasteiger partial charge in [0.1, 0.15) is 0 Å². The number of fused-ring (bicyclic) bond motifs is 1. The summed E-state index contributed by atoms with van der Waals surface area (Å²) in [6.45, 7) is 2.23. The summed E-state index contributed by atoms with van der Waals surface area (Å²) in [5, 5.41) is 10.0. The van der Waals surface area contributed by atoms with E-state index in [9.17, 15) is 5.11 Å². The van der Waals surface area contributed by atoms with E-state index in [-0.39, 0.29) is 6.10 Å². The number of benzene rings is 1. The van der Waals surface area contributed by atoms with E-state index < -0.39 is 0 Å². The Morgan fingerprint density at radius 2 is 2.00 bits per heavy atom. The highest BCUT2D eigenvalue weighted by molar-refractivity contribution is 5.41. The molecule has 1 N–H and O–H groups in total. The molecule has 0 fully saturated rings. The molecule has 0 spiro atoms. The van der Waals surface area contributed by atoms with Gasteiger partial charge in [-0.15, -0.1) is 0 Å². The van der Waals surface area contributed by atoms with E-state index in [1.807, 2.05) is 0 Å². The molecule has 1 aromatic heterocycles. The summed E-state index contributed by atoms with van der Waals surface area (Å²) in [5.41, 5.74) is 5.02. The van der Waals surface area contributed by atoms with E-state index in [0.717, 1.165) is 24.8 Å². The van der Waals surface area contributed by atoms with Crippen LogP contribution in [0.25, 0.3) is 5.69 Å². The molecule has 3 rings (SSSR count). The summed E-state index contributed by atoms with van der Waals surface area (Å²) >= 11 is 0. The van der Waals surface area contributed by atoms with E-state index in [1.54, 1.807) is 0 Å². The van der Waals surface area contributed by atoms with Gasteiger partial charge in [-0.05, 0) is 55.9 Å². The monoisotopic (exact) mass is 269 g/mol. The molecule has 20 heavy (non-hydrogen) atoms. The van der Waals surface area contributed by atoms with Gasteiger partial charge in [-0.3, -0.25) is 0 Å². The fourth-order valence-corrected chi connectivity index (χ4v) is 3.11. The minimum atomic E-state index is -0.274. The highest BCUT2D eigenvalue weighted by Gasteiger charge is 2.21. The van der Waals surface area contributed by atoms with Crippen molar-refractivity contribution in [2.45, 2.75) is 51.6 Å². The summed E-state index contributed by atoms with van der Waals surface area (Å²) in [7, 11) is 0. The molecule has 1 aliphatic carbocycles. The van der Waals surface area contributed by atoms with Crippen molar-refractivity contribution in [3.63, 3.8) is 0 Å². The zero-order valence-electron chi connectivity index (χ0n) is 12.2. The van der Waals surface area contributed by atoms with Crippen LogP contribution >= 0.6 is 0 Å². The fourth-order valence-electron chi connectivity index (χ4n) is 3.11. The number of hydrogen-bond donors (Lipinski definition) is 1. The predicted octanol–water partition coefficient (Wildman–Crippen LogP) is 4.19. The molecule has 1 atom stereocenters. The Bertz CT molecular complexity index is 568. The minimum absolute atomic E-state index is 0.274. The Morgan fingerprint density at radius 3 is 2.75 bits per heavy atom. The van der Waals surface area contributed by atoms with Gasteiger partial charge in [-0.25, -0.2) is 0 Å². The van der Waals surface area contributed by atoms with Crippen LogP contribution in [0.2, 0.25) is 0 Å². The molecule has 0 bridgehead atoms. The maximum Gasteiger partial charge on any atom is 0.0807 e. The second-order valence-electron chi connectivity index (χ2n) is 5.77. The normalized spacial score (nSPS) is 18.0. The van der Waals surface area contributed by atoms with E-state index in [2.05, 4.69) is 48.0 Å². The van der Waals surface area contributed by atoms with Gasteiger partial charge in [0.05, 0.1) is 6.10 Å². The Kier molecular flexibility index (Phi) is 3.93. The average Bonchev–Trinajstić information content (AvgIpc) is 2.91. The van der Waals surface area contributed by atoms with E-state index >= 15 is 0 Å². The number of unbranched alkanes of at least 4 members (excludes halogenated alkanes) is 1. The fraction of sp³-hybridized carbons (Fsp3) is 0.444. The van der Waals surface area contributed by atoms with Gasteiger partial charge in [0.2, 0.25) is 0 Å². The van der Waals surface area contributed by atoms with Crippen molar-refractivity contribution >= 4 is 0 Å². The van der Waals surface area contributed by atoms with E-state index in [1.165, 1.54) is 36.2 Å². The third-order valence-corrected chi connectivity index (χ3v) is 4.31. The van der Waals surface area contributed by atoms with Crippen molar-refractivity contribution in [1.29, 1.82) is 0 Å². The van der Waals surface area contributed by atoms with Crippen LogP contribution in [0.15, 0.2) is 36.5 Å². The first kappa shape index (κ1) is 13.4. The lowest BCUT2D eigenvalue weighted by Crippen LogP contribution is -2.10.